The Kier molecular flexibility index (Phi) is 2.99. The topological polar surface area (TPSA) is 55.1 Å². The number of rotatable bonds is 3. The molecule has 1 fully saturated rings. The zero-order valence-corrected chi connectivity index (χ0v) is 10.2. The smallest absolute Gasteiger partial charge is 0.231 e. The highest BCUT2D eigenvalue weighted by Crippen LogP contribution is 2.45. The van der Waals surface area contributed by atoms with Crippen LogP contribution in [0.5, 0.6) is 0 Å². The minimum Gasteiger partial charge on any atom is -0.329 e. The van der Waals surface area contributed by atoms with Gasteiger partial charge in [-0.25, -0.2) is 4.39 Å². The maximum absolute atomic E-state index is 12.8. The van der Waals surface area contributed by atoms with E-state index in [4.69, 9.17) is 5.73 Å². The van der Waals surface area contributed by atoms with Crippen molar-refractivity contribution in [2.45, 2.75) is 12.8 Å². The number of anilines is 1. The summed E-state index contributed by atoms with van der Waals surface area (Å²) in [5.74, 6) is -0.424. The molecule has 0 aliphatic heterocycles. The second kappa shape index (κ2) is 4.14. The highest BCUT2D eigenvalue weighted by atomic mass is 79.9. The first-order chi connectivity index (χ1) is 7.57. The van der Waals surface area contributed by atoms with Crippen LogP contribution in [0.1, 0.15) is 12.8 Å². The molecule has 0 spiro atoms. The van der Waals surface area contributed by atoms with E-state index < -0.39 is 5.41 Å². The van der Waals surface area contributed by atoms with E-state index in [1.54, 1.807) is 0 Å². The summed E-state index contributed by atoms with van der Waals surface area (Å²) in [5.41, 5.74) is 5.73. The second-order valence-electron chi connectivity index (χ2n) is 4.06. The third-order valence-corrected chi connectivity index (χ3v) is 3.56. The van der Waals surface area contributed by atoms with E-state index in [0.29, 0.717) is 16.7 Å². The van der Waals surface area contributed by atoms with E-state index in [-0.39, 0.29) is 11.7 Å². The Morgan fingerprint density at radius 1 is 1.56 bits per heavy atom. The molecule has 0 bridgehead atoms. The van der Waals surface area contributed by atoms with Crippen molar-refractivity contribution < 1.29 is 9.18 Å². The molecule has 0 heterocycles. The van der Waals surface area contributed by atoms with Gasteiger partial charge in [-0.05, 0) is 47.0 Å². The Bertz CT molecular complexity index is 432. The van der Waals surface area contributed by atoms with Crippen LogP contribution in [0, 0.1) is 11.2 Å². The monoisotopic (exact) mass is 286 g/mol. The van der Waals surface area contributed by atoms with Gasteiger partial charge in [0.15, 0.2) is 0 Å². The summed E-state index contributed by atoms with van der Waals surface area (Å²) in [6.45, 7) is 0.359. The van der Waals surface area contributed by atoms with E-state index in [1.165, 1.54) is 18.2 Å². The van der Waals surface area contributed by atoms with Gasteiger partial charge in [-0.3, -0.25) is 4.79 Å². The molecule has 0 saturated heterocycles. The Labute approximate surface area is 101 Å². The summed E-state index contributed by atoms with van der Waals surface area (Å²) in [6.07, 6.45) is 1.66. The van der Waals surface area contributed by atoms with Crippen LogP contribution < -0.4 is 11.1 Å². The zero-order valence-electron chi connectivity index (χ0n) is 8.59. The highest BCUT2D eigenvalue weighted by Gasteiger charge is 2.48. The molecule has 3 nitrogen and oxygen atoms in total. The summed E-state index contributed by atoms with van der Waals surface area (Å²) in [5, 5.41) is 2.76. The van der Waals surface area contributed by atoms with Gasteiger partial charge in [-0.15, -0.1) is 0 Å². The number of halogens is 2. The van der Waals surface area contributed by atoms with E-state index in [0.717, 1.165) is 12.8 Å². The van der Waals surface area contributed by atoms with Crippen molar-refractivity contribution in [1.29, 1.82) is 0 Å². The lowest BCUT2D eigenvalue weighted by Crippen LogP contribution is -2.30. The fraction of sp³-hybridized carbons (Fsp3) is 0.364. The molecule has 3 N–H and O–H groups in total. The molecule has 0 radical (unpaired) electrons. The van der Waals surface area contributed by atoms with Crippen molar-refractivity contribution in [3.05, 3.63) is 28.5 Å². The van der Waals surface area contributed by atoms with Crippen molar-refractivity contribution in [3.63, 3.8) is 0 Å². The minimum atomic E-state index is -0.395. The van der Waals surface area contributed by atoms with Crippen molar-refractivity contribution >= 4 is 27.5 Å². The number of carbonyl (C=O) groups is 1. The third-order valence-electron chi connectivity index (χ3n) is 2.91. The van der Waals surface area contributed by atoms with Crippen molar-refractivity contribution in [3.8, 4) is 0 Å². The second-order valence-corrected chi connectivity index (χ2v) is 4.92. The quantitative estimate of drug-likeness (QED) is 0.896. The van der Waals surface area contributed by atoms with Gasteiger partial charge in [0.1, 0.15) is 5.82 Å². The van der Waals surface area contributed by atoms with Crippen LogP contribution in [-0.4, -0.2) is 12.5 Å². The first-order valence-corrected chi connectivity index (χ1v) is 5.83. The number of amides is 1. The maximum atomic E-state index is 12.8. The van der Waals surface area contributed by atoms with Crippen molar-refractivity contribution in [2.24, 2.45) is 11.1 Å². The van der Waals surface area contributed by atoms with Crippen LogP contribution >= 0.6 is 15.9 Å². The number of hydrogen-bond acceptors (Lipinski definition) is 2. The largest absolute Gasteiger partial charge is 0.329 e. The van der Waals surface area contributed by atoms with Gasteiger partial charge < -0.3 is 11.1 Å². The van der Waals surface area contributed by atoms with E-state index in [2.05, 4.69) is 21.2 Å². The van der Waals surface area contributed by atoms with Gasteiger partial charge in [0.2, 0.25) is 5.91 Å². The van der Waals surface area contributed by atoms with Crippen LogP contribution in [0.4, 0.5) is 10.1 Å². The Morgan fingerprint density at radius 2 is 2.25 bits per heavy atom. The van der Waals surface area contributed by atoms with Crippen LogP contribution in [0.2, 0.25) is 0 Å². The molecule has 86 valence electrons. The van der Waals surface area contributed by atoms with Crippen molar-refractivity contribution in [1.82, 2.24) is 0 Å². The summed E-state index contributed by atoms with van der Waals surface area (Å²) in [6, 6.07) is 4.16. The zero-order chi connectivity index (χ0) is 11.8. The van der Waals surface area contributed by atoms with E-state index >= 15 is 0 Å². The normalized spacial score (nSPS) is 16.9. The molecular weight excluding hydrogens is 275 g/mol. The molecular formula is C11H12BrFN2O. The molecule has 16 heavy (non-hydrogen) atoms. The lowest BCUT2D eigenvalue weighted by atomic mass is 10.1. The standard InChI is InChI=1S/C11H12BrFN2O/c12-8-5-7(13)1-2-9(8)15-10(16)11(6-14)3-4-11/h1-2,5H,3-4,6,14H2,(H,15,16). The molecule has 2 rings (SSSR count). The maximum Gasteiger partial charge on any atom is 0.231 e. The minimum absolute atomic E-state index is 0.0812. The van der Waals surface area contributed by atoms with Crippen molar-refractivity contribution in [2.75, 3.05) is 11.9 Å². The van der Waals surface area contributed by atoms with Gasteiger partial charge in [0.05, 0.1) is 11.1 Å². The van der Waals surface area contributed by atoms with Crippen LogP contribution in [0.3, 0.4) is 0 Å². The fourth-order valence-electron chi connectivity index (χ4n) is 1.52. The predicted octanol–water partition coefficient (Wildman–Crippen LogP) is 2.27. The molecule has 0 unspecified atom stereocenters. The molecule has 1 aromatic rings. The van der Waals surface area contributed by atoms with E-state index in [1.807, 2.05) is 0 Å². The number of nitrogens with two attached hydrogens (primary N) is 1. The SMILES string of the molecule is NCC1(C(=O)Nc2ccc(F)cc2Br)CC1. The average Bonchev–Trinajstić information content (AvgIpc) is 3.03. The number of hydrogen-bond donors (Lipinski definition) is 2. The van der Waals surface area contributed by atoms with Crippen LogP contribution in [0.15, 0.2) is 22.7 Å². The number of benzene rings is 1. The molecule has 5 heteroatoms. The van der Waals surface area contributed by atoms with Gasteiger partial charge in [0, 0.05) is 11.0 Å². The van der Waals surface area contributed by atoms with Gasteiger partial charge in [-0.2, -0.15) is 0 Å². The average molecular weight is 287 g/mol. The number of nitrogens with one attached hydrogen (secondary N) is 1. The highest BCUT2D eigenvalue weighted by molar-refractivity contribution is 9.10. The molecule has 1 saturated carbocycles. The summed E-state index contributed by atoms with van der Waals surface area (Å²) >= 11 is 3.20. The lowest BCUT2D eigenvalue weighted by molar-refractivity contribution is -0.120. The summed E-state index contributed by atoms with van der Waals surface area (Å²) in [4.78, 5) is 11.9. The lowest BCUT2D eigenvalue weighted by Gasteiger charge is -2.13. The van der Waals surface area contributed by atoms with Gasteiger partial charge >= 0.3 is 0 Å². The first kappa shape index (κ1) is 11.5. The molecule has 1 amide bonds. The van der Waals surface area contributed by atoms with Gasteiger partial charge in [0.25, 0.3) is 0 Å². The summed E-state index contributed by atoms with van der Waals surface area (Å²) in [7, 11) is 0. The Hall–Kier alpha value is -0.940. The Balaban J connectivity index is 2.12. The predicted molar refractivity (Wildman–Crippen MR) is 63.5 cm³/mol. The molecule has 1 aliphatic rings. The van der Waals surface area contributed by atoms with Crippen LogP contribution in [-0.2, 0) is 4.79 Å². The molecule has 1 aliphatic carbocycles. The Morgan fingerprint density at radius 3 is 2.75 bits per heavy atom. The fourth-order valence-corrected chi connectivity index (χ4v) is 1.97. The first-order valence-electron chi connectivity index (χ1n) is 5.04. The third kappa shape index (κ3) is 2.10. The molecule has 0 atom stereocenters. The van der Waals surface area contributed by atoms with Gasteiger partial charge in [-0.1, -0.05) is 0 Å². The molecule has 0 aromatic heterocycles. The number of carbonyl (C=O) groups excluding carboxylic acids is 1. The van der Waals surface area contributed by atoms with Crippen LogP contribution in [0.25, 0.3) is 0 Å². The molecule has 1 aromatic carbocycles. The van der Waals surface area contributed by atoms with E-state index in [9.17, 15) is 9.18 Å². The summed E-state index contributed by atoms with van der Waals surface area (Å²) < 4.78 is 13.4.